The molecule has 0 heterocycles. The first-order valence-corrected chi connectivity index (χ1v) is 14.3. The maximum atomic E-state index is 14.6. The second kappa shape index (κ2) is 13.2. The summed E-state index contributed by atoms with van der Waals surface area (Å²) < 4.78 is 40.8. The van der Waals surface area contributed by atoms with Gasteiger partial charge in [0.25, 0.3) is 0 Å². The van der Waals surface area contributed by atoms with E-state index >= 15 is 0 Å². The summed E-state index contributed by atoms with van der Waals surface area (Å²) in [5.41, 5.74) is 2.36. The molecule has 1 N–H and O–H groups in total. The highest BCUT2D eigenvalue weighted by atomic mass is 32.2. The van der Waals surface area contributed by atoms with Crippen molar-refractivity contribution >= 4 is 27.5 Å². The van der Waals surface area contributed by atoms with Crippen LogP contribution in [0.3, 0.4) is 0 Å². The molecule has 3 rings (SSSR count). The van der Waals surface area contributed by atoms with Gasteiger partial charge >= 0.3 is 0 Å². The van der Waals surface area contributed by atoms with Crippen molar-refractivity contribution in [2.24, 2.45) is 0 Å². The summed E-state index contributed by atoms with van der Waals surface area (Å²) in [5, 5.41) is 2.89. The topological polar surface area (TPSA) is 86.8 Å². The predicted molar refractivity (Wildman–Crippen MR) is 148 cm³/mol. The van der Waals surface area contributed by atoms with E-state index in [9.17, 15) is 22.4 Å². The summed E-state index contributed by atoms with van der Waals surface area (Å²) in [7, 11) is -4.02. The van der Waals surface area contributed by atoms with Gasteiger partial charge in [0, 0.05) is 19.5 Å². The van der Waals surface area contributed by atoms with Crippen molar-refractivity contribution in [3.05, 3.63) is 101 Å². The van der Waals surface area contributed by atoms with E-state index in [1.54, 1.807) is 0 Å². The SMILES string of the molecule is CCCNC(=O)[C@@H](Cc1ccccc1)N(Cc1ccccc1C)C(=O)CN(c1ccccc1F)S(C)(=O)=O. The molecule has 1 atom stereocenters. The van der Waals surface area contributed by atoms with Crippen molar-refractivity contribution in [3.8, 4) is 0 Å². The fourth-order valence-electron chi connectivity index (χ4n) is 4.14. The highest BCUT2D eigenvalue weighted by Crippen LogP contribution is 2.23. The van der Waals surface area contributed by atoms with Crippen molar-refractivity contribution in [3.63, 3.8) is 0 Å². The van der Waals surface area contributed by atoms with Crippen LogP contribution in [-0.2, 0) is 32.6 Å². The number of sulfonamides is 1. The largest absolute Gasteiger partial charge is 0.354 e. The minimum atomic E-state index is -4.02. The van der Waals surface area contributed by atoms with Crippen LogP contribution in [0.1, 0.15) is 30.0 Å². The van der Waals surface area contributed by atoms with Gasteiger partial charge in [0.05, 0.1) is 11.9 Å². The normalized spacial score (nSPS) is 12.0. The summed E-state index contributed by atoms with van der Waals surface area (Å²) >= 11 is 0. The Morgan fingerprint density at radius 3 is 2.21 bits per heavy atom. The number of hydrogen-bond acceptors (Lipinski definition) is 4. The lowest BCUT2D eigenvalue weighted by Gasteiger charge is -2.34. The number of hydrogen-bond donors (Lipinski definition) is 1. The van der Waals surface area contributed by atoms with Crippen molar-refractivity contribution in [1.29, 1.82) is 0 Å². The molecule has 7 nitrogen and oxygen atoms in total. The summed E-state index contributed by atoms with van der Waals surface area (Å²) in [6.07, 6.45) is 1.87. The van der Waals surface area contributed by atoms with Crippen LogP contribution in [0.25, 0.3) is 0 Å². The maximum Gasteiger partial charge on any atom is 0.244 e. The Morgan fingerprint density at radius 1 is 0.947 bits per heavy atom. The molecule has 3 aromatic rings. The highest BCUT2D eigenvalue weighted by molar-refractivity contribution is 7.92. The van der Waals surface area contributed by atoms with Crippen molar-refractivity contribution in [1.82, 2.24) is 10.2 Å². The van der Waals surface area contributed by atoms with E-state index in [-0.39, 0.29) is 24.6 Å². The molecule has 0 aliphatic carbocycles. The second-order valence-electron chi connectivity index (χ2n) is 9.17. The third-order valence-electron chi connectivity index (χ3n) is 6.22. The summed E-state index contributed by atoms with van der Waals surface area (Å²) in [4.78, 5) is 28.8. The molecule has 0 unspecified atom stereocenters. The van der Waals surface area contributed by atoms with Crippen LogP contribution in [0.5, 0.6) is 0 Å². The van der Waals surface area contributed by atoms with Crippen LogP contribution in [-0.4, -0.2) is 50.5 Å². The Bertz CT molecular complexity index is 1350. The number of carbonyl (C=O) groups excluding carboxylic acids is 2. The number of carbonyl (C=O) groups is 2. The van der Waals surface area contributed by atoms with Gasteiger partial charge in [0.1, 0.15) is 18.4 Å². The Hall–Kier alpha value is -3.72. The van der Waals surface area contributed by atoms with Gasteiger partial charge in [-0.25, -0.2) is 12.8 Å². The molecule has 2 amide bonds. The number of amides is 2. The molecule has 0 spiro atoms. The molecule has 0 saturated carbocycles. The molecule has 0 fully saturated rings. The monoisotopic (exact) mass is 539 g/mol. The number of aryl methyl sites for hydroxylation is 1. The third-order valence-corrected chi connectivity index (χ3v) is 7.35. The minimum Gasteiger partial charge on any atom is -0.354 e. The number of nitrogens with one attached hydrogen (secondary N) is 1. The van der Waals surface area contributed by atoms with Crippen molar-refractivity contribution in [2.75, 3.05) is 23.7 Å². The Morgan fingerprint density at radius 2 is 1.58 bits per heavy atom. The number of anilines is 1. The van der Waals surface area contributed by atoms with E-state index in [0.717, 1.165) is 33.3 Å². The molecule has 202 valence electrons. The molecular formula is C29H34FN3O4S. The van der Waals surface area contributed by atoms with E-state index in [1.807, 2.05) is 68.4 Å². The number of para-hydroxylation sites is 1. The molecule has 0 aromatic heterocycles. The number of benzene rings is 3. The first kappa shape index (κ1) is 28.8. The van der Waals surface area contributed by atoms with E-state index in [4.69, 9.17) is 0 Å². The Kier molecular flexibility index (Phi) is 10.0. The van der Waals surface area contributed by atoms with E-state index in [0.29, 0.717) is 13.0 Å². The molecule has 9 heteroatoms. The standard InChI is InChI=1S/C29H34FN3O4S/c1-4-18-31-29(35)27(19-23-13-6-5-7-14-23)32(20-24-15-9-8-12-22(24)2)28(34)21-33(38(3,36)37)26-17-11-10-16-25(26)30/h5-17,27H,4,18-21H2,1-3H3,(H,31,35)/t27-/m1/s1. The lowest BCUT2D eigenvalue weighted by Crippen LogP contribution is -2.53. The third kappa shape index (κ3) is 7.64. The van der Waals surface area contributed by atoms with Gasteiger partial charge in [-0.2, -0.15) is 0 Å². The zero-order valence-electron chi connectivity index (χ0n) is 21.9. The van der Waals surface area contributed by atoms with Gasteiger partial charge in [-0.1, -0.05) is 73.7 Å². The van der Waals surface area contributed by atoms with Crippen LogP contribution in [0.2, 0.25) is 0 Å². The first-order chi connectivity index (χ1) is 18.1. The Balaban J connectivity index is 2.06. The molecule has 0 aliphatic heterocycles. The van der Waals surface area contributed by atoms with Crippen molar-refractivity contribution in [2.45, 2.75) is 39.3 Å². The molecular weight excluding hydrogens is 505 g/mol. The molecule has 0 radical (unpaired) electrons. The van der Waals surface area contributed by atoms with Gasteiger partial charge in [0.2, 0.25) is 21.8 Å². The van der Waals surface area contributed by atoms with E-state index in [2.05, 4.69) is 5.32 Å². The fourth-order valence-corrected chi connectivity index (χ4v) is 4.99. The number of rotatable bonds is 12. The first-order valence-electron chi connectivity index (χ1n) is 12.5. The fraction of sp³-hybridized carbons (Fsp3) is 0.310. The number of halogens is 1. The van der Waals surface area contributed by atoms with Gasteiger partial charge in [-0.3, -0.25) is 13.9 Å². The molecule has 38 heavy (non-hydrogen) atoms. The highest BCUT2D eigenvalue weighted by Gasteiger charge is 2.33. The predicted octanol–water partition coefficient (Wildman–Crippen LogP) is 4.07. The Labute approximate surface area is 224 Å². The van der Waals surface area contributed by atoms with Crippen LogP contribution in [0, 0.1) is 12.7 Å². The van der Waals surface area contributed by atoms with E-state index in [1.165, 1.54) is 23.1 Å². The van der Waals surface area contributed by atoms with Gasteiger partial charge < -0.3 is 10.2 Å². The van der Waals surface area contributed by atoms with Crippen LogP contribution >= 0.6 is 0 Å². The summed E-state index contributed by atoms with van der Waals surface area (Å²) in [5.74, 6) is -1.72. The zero-order valence-corrected chi connectivity index (χ0v) is 22.7. The van der Waals surface area contributed by atoms with Gasteiger partial charge in [-0.05, 0) is 42.2 Å². The van der Waals surface area contributed by atoms with Crippen molar-refractivity contribution < 1.29 is 22.4 Å². The summed E-state index contributed by atoms with van der Waals surface area (Å²) in [6.45, 7) is 3.70. The quantitative estimate of drug-likeness (QED) is 0.376. The molecule has 3 aromatic carbocycles. The molecule has 0 saturated heterocycles. The second-order valence-corrected chi connectivity index (χ2v) is 11.1. The lowest BCUT2D eigenvalue weighted by atomic mass is 10.0. The average Bonchev–Trinajstić information content (AvgIpc) is 2.89. The minimum absolute atomic E-state index is 0.0808. The summed E-state index contributed by atoms with van der Waals surface area (Å²) in [6, 6.07) is 21.3. The lowest BCUT2D eigenvalue weighted by molar-refractivity contribution is -0.140. The van der Waals surface area contributed by atoms with Crippen LogP contribution in [0.4, 0.5) is 10.1 Å². The number of nitrogens with zero attached hydrogens (tertiary/aromatic N) is 2. The zero-order chi connectivity index (χ0) is 27.7. The van der Waals surface area contributed by atoms with Gasteiger partial charge in [0.15, 0.2) is 0 Å². The molecule has 0 aliphatic rings. The maximum absolute atomic E-state index is 14.6. The van der Waals surface area contributed by atoms with Crippen LogP contribution in [0.15, 0.2) is 78.9 Å². The van der Waals surface area contributed by atoms with Gasteiger partial charge in [-0.15, -0.1) is 0 Å². The van der Waals surface area contributed by atoms with E-state index < -0.39 is 34.3 Å². The van der Waals surface area contributed by atoms with Crippen LogP contribution < -0.4 is 9.62 Å². The average molecular weight is 540 g/mol. The smallest absolute Gasteiger partial charge is 0.244 e. The molecule has 0 bridgehead atoms.